The van der Waals surface area contributed by atoms with Gasteiger partial charge < -0.3 is 9.15 Å². The number of hydrogen-bond acceptors (Lipinski definition) is 4. The third kappa shape index (κ3) is 3.96. The van der Waals surface area contributed by atoms with E-state index in [-0.39, 0.29) is 12.4 Å². The maximum atomic E-state index is 11.7. The first kappa shape index (κ1) is 12.8. The highest BCUT2D eigenvalue weighted by Gasteiger charge is 2.07. The molecule has 0 bridgehead atoms. The van der Waals surface area contributed by atoms with Crippen LogP contribution in [0.3, 0.4) is 0 Å². The number of carbonyl (C=O) groups is 2. The number of esters is 1. The summed E-state index contributed by atoms with van der Waals surface area (Å²) in [6.45, 7) is -0.272. The Bertz CT molecular complexity index is 567. The molecular formula is C15H12O4. The van der Waals surface area contributed by atoms with Gasteiger partial charge in [0.05, 0.1) is 6.26 Å². The third-order valence-electron chi connectivity index (χ3n) is 2.37. The molecular weight excluding hydrogens is 244 g/mol. The Morgan fingerprint density at radius 2 is 1.89 bits per heavy atom. The van der Waals surface area contributed by atoms with Crippen LogP contribution in [0.4, 0.5) is 0 Å². The summed E-state index contributed by atoms with van der Waals surface area (Å²) < 4.78 is 9.86. The fraction of sp³-hybridized carbons (Fsp3) is 0.0667. The number of benzene rings is 1. The number of rotatable bonds is 5. The van der Waals surface area contributed by atoms with E-state index in [1.54, 1.807) is 36.4 Å². The van der Waals surface area contributed by atoms with Gasteiger partial charge in [0.1, 0.15) is 5.76 Å². The van der Waals surface area contributed by atoms with E-state index in [1.807, 2.05) is 6.07 Å². The highest BCUT2D eigenvalue weighted by atomic mass is 16.5. The highest BCUT2D eigenvalue weighted by molar-refractivity contribution is 5.98. The van der Waals surface area contributed by atoms with E-state index < -0.39 is 5.97 Å². The lowest BCUT2D eigenvalue weighted by Gasteiger charge is -2.01. The van der Waals surface area contributed by atoms with Gasteiger partial charge in [-0.3, -0.25) is 4.79 Å². The number of carbonyl (C=O) groups excluding carboxylic acids is 2. The molecule has 0 fully saturated rings. The van der Waals surface area contributed by atoms with Gasteiger partial charge in [0.2, 0.25) is 0 Å². The maximum absolute atomic E-state index is 11.7. The fourth-order valence-corrected chi connectivity index (χ4v) is 1.43. The van der Waals surface area contributed by atoms with Crippen LogP contribution in [0.1, 0.15) is 16.1 Å². The van der Waals surface area contributed by atoms with Crippen molar-refractivity contribution in [3.8, 4) is 0 Å². The van der Waals surface area contributed by atoms with Crippen molar-refractivity contribution in [1.82, 2.24) is 0 Å². The largest absolute Gasteiger partial charge is 0.465 e. The van der Waals surface area contributed by atoms with Gasteiger partial charge in [0.25, 0.3) is 0 Å². The molecule has 0 aliphatic carbocycles. The molecule has 0 amide bonds. The Kier molecular flexibility index (Phi) is 4.29. The van der Waals surface area contributed by atoms with E-state index in [0.29, 0.717) is 11.3 Å². The summed E-state index contributed by atoms with van der Waals surface area (Å²) >= 11 is 0. The van der Waals surface area contributed by atoms with Gasteiger partial charge in [0.15, 0.2) is 12.4 Å². The summed E-state index contributed by atoms with van der Waals surface area (Å²) in [7, 11) is 0. The molecule has 0 N–H and O–H groups in total. The summed E-state index contributed by atoms with van der Waals surface area (Å²) in [5.41, 5.74) is 0.519. The molecule has 2 rings (SSSR count). The number of Topliss-reactive ketones (excluding diaryl/α,β-unsaturated/α-hetero) is 1. The topological polar surface area (TPSA) is 56.5 Å². The Balaban J connectivity index is 1.82. The van der Waals surface area contributed by atoms with Crippen LogP contribution in [0.15, 0.2) is 59.2 Å². The first-order valence-corrected chi connectivity index (χ1v) is 5.72. The number of hydrogen-bond donors (Lipinski definition) is 0. The number of furan rings is 1. The maximum Gasteiger partial charge on any atom is 0.331 e. The lowest BCUT2D eigenvalue weighted by Crippen LogP contribution is -2.12. The molecule has 0 saturated heterocycles. The summed E-state index contributed by atoms with van der Waals surface area (Å²) in [6.07, 6.45) is 4.20. The summed E-state index contributed by atoms with van der Waals surface area (Å²) in [6, 6.07) is 12.1. The average molecular weight is 256 g/mol. The molecule has 0 aliphatic heterocycles. The minimum Gasteiger partial charge on any atom is -0.465 e. The van der Waals surface area contributed by atoms with Gasteiger partial charge >= 0.3 is 5.97 Å². The van der Waals surface area contributed by atoms with Crippen molar-refractivity contribution in [3.63, 3.8) is 0 Å². The molecule has 19 heavy (non-hydrogen) atoms. The molecule has 0 radical (unpaired) electrons. The van der Waals surface area contributed by atoms with Crippen molar-refractivity contribution in [2.45, 2.75) is 0 Å². The summed E-state index contributed by atoms with van der Waals surface area (Å²) in [5, 5.41) is 0. The van der Waals surface area contributed by atoms with Gasteiger partial charge in [-0.2, -0.15) is 0 Å². The molecule has 4 heteroatoms. The van der Waals surface area contributed by atoms with Crippen LogP contribution in [0.2, 0.25) is 0 Å². The molecule has 96 valence electrons. The molecule has 0 spiro atoms. The highest BCUT2D eigenvalue weighted by Crippen LogP contribution is 2.03. The Morgan fingerprint density at radius 1 is 1.11 bits per heavy atom. The van der Waals surface area contributed by atoms with Crippen molar-refractivity contribution < 1.29 is 18.7 Å². The van der Waals surface area contributed by atoms with E-state index in [1.165, 1.54) is 18.4 Å². The molecule has 0 unspecified atom stereocenters. The van der Waals surface area contributed by atoms with Crippen molar-refractivity contribution in [2.24, 2.45) is 0 Å². The zero-order valence-electron chi connectivity index (χ0n) is 10.1. The second-order valence-corrected chi connectivity index (χ2v) is 3.75. The first-order valence-electron chi connectivity index (χ1n) is 5.72. The van der Waals surface area contributed by atoms with E-state index in [4.69, 9.17) is 9.15 Å². The molecule has 0 atom stereocenters. The molecule has 0 saturated carbocycles. The number of ether oxygens (including phenoxy) is 1. The lowest BCUT2D eigenvalue weighted by atomic mass is 10.1. The molecule has 4 nitrogen and oxygen atoms in total. The van der Waals surface area contributed by atoms with E-state index in [2.05, 4.69) is 0 Å². The van der Waals surface area contributed by atoms with Crippen molar-refractivity contribution in [3.05, 3.63) is 66.1 Å². The summed E-state index contributed by atoms with van der Waals surface area (Å²) in [4.78, 5) is 23.0. The fourth-order valence-electron chi connectivity index (χ4n) is 1.43. The van der Waals surface area contributed by atoms with Gasteiger partial charge in [-0.15, -0.1) is 0 Å². The smallest absolute Gasteiger partial charge is 0.331 e. The minimum absolute atomic E-state index is 0.236. The summed E-state index contributed by atoms with van der Waals surface area (Å²) in [5.74, 6) is -0.271. The second kappa shape index (κ2) is 6.35. The molecule has 1 heterocycles. The van der Waals surface area contributed by atoms with Crippen LogP contribution in [-0.4, -0.2) is 18.4 Å². The standard InChI is InChI=1S/C15H12O4/c16-14(12-5-2-1-3-6-12)11-19-15(17)9-8-13-7-4-10-18-13/h1-10H,11H2. The molecule has 1 aromatic carbocycles. The van der Waals surface area contributed by atoms with Crippen molar-refractivity contribution in [2.75, 3.05) is 6.61 Å². The van der Waals surface area contributed by atoms with Crippen molar-refractivity contribution in [1.29, 1.82) is 0 Å². The van der Waals surface area contributed by atoms with Gasteiger partial charge in [-0.05, 0) is 18.2 Å². The second-order valence-electron chi connectivity index (χ2n) is 3.75. The monoisotopic (exact) mass is 256 g/mol. The average Bonchev–Trinajstić information content (AvgIpc) is 2.96. The van der Waals surface area contributed by atoms with Gasteiger partial charge in [-0.25, -0.2) is 4.79 Å². The number of ketones is 1. The van der Waals surface area contributed by atoms with E-state index >= 15 is 0 Å². The molecule has 2 aromatic rings. The predicted octanol–water partition coefficient (Wildman–Crippen LogP) is 2.72. The quantitative estimate of drug-likeness (QED) is 0.469. The lowest BCUT2D eigenvalue weighted by molar-refractivity contribution is -0.136. The van der Waals surface area contributed by atoms with Crippen LogP contribution in [0, 0.1) is 0 Å². The van der Waals surface area contributed by atoms with E-state index in [0.717, 1.165) is 0 Å². The van der Waals surface area contributed by atoms with Gasteiger partial charge in [-0.1, -0.05) is 30.3 Å². The van der Waals surface area contributed by atoms with Gasteiger partial charge in [0, 0.05) is 11.6 Å². The third-order valence-corrected chi connectivity index (χ3v) is 2.37. The Morgan fingerprint density at radius 3 is 2.58 bits per heavy atom. The zero-order chi connectivity index (χ0) is 13.5. The van der Waals surface area contributed by atoms with Crippen LogP contribution < -0.4 is 0 Å². The van der Waals surface area contributed by atoms with Crippen LogP contribution in [0.5, 0.6) is 0 Å². The predicted molar refractivity (Wildman–Crippen MR) is 69.5 cm³/mol. The SMILES string of the molecule is O=C(C=Cc1ccco1)OCC(=O)c1ccccc1. The first-order chi connectivity index (χ1) is 9.25. The minimum atomic E-state index is -0.583. The van der Waals surface area contributed by atoms with Crippen LogP contribution in [-0.2, 0) is 9.53 Å². The Hall–Kier alpha value is -2.62. The Labute approximate surface area is 110 Å². The normalized spacial score (nSPS) is 10.5. The van der Waals surface area contributed by atoms with E-state index in [9.17, 15) is 9.59 Å². The molecule has 1 aromatic heterocycles. The van der Waals surface area contributed by atoms with Crippen LogP contribution >= 0.6 is 0 Å². The zero-order valence-corrected chi connectivity index (χ0v) is 10.1. The van der Waals surface area contributed by atoms with Crippen molar-refractivity contribution >= 4 is 17.8 Å². The molecule has 0 aliphatic rings. The van der Waals surface area contributed by atoms with Crippen LogP contribution in [0.25, 0.3) is 6.08 Å².